The maximum absolute atomic E-state index is 12.9. The first-order chi connectivity index (χ1) is 9.38. The van der Waals surface area contributed by atoms with Gasteiger partial charge < -0.3 is 15.4 Å². The van der Waals surface area contributed by atoms with Crippen LogP contribution in [0.2, 0.25) is 0 Å². The van der Waals surface area contributed by atoms with E-state index < -0.39 is 12.2 Å². The smallest absolute Gasteiger partial charge is 0.404 e. The average Bonchev–Trinajstić information content (AvgIpc) is 2.41. The Balaban J connectivity index is 2.42. The van der Waals surface area contributed by atoms with Crippen LogP contribution in [-0.4, -0.2) is 74.4 Å². The van der Waals surface area contributed by atoms with Crippen LogP contribution in [0.5, 0.6) is 0 Å². The number of alkyl halides is 3. The van der Waals surface area contributed by atoms with Crippen LogP contribution in [0.1, 0.15) is 12.8 Å². The summed E-state index contributed by atoms with van der Waals surface area (Å²) in [5.74, 6) is -0.302. The molecule has 0 radical (unpaired) electrons. The van der Waals surface area contributed by atoms with Gasteiger partial charge in [0.2, 0.25) is 0 Å². The maximum atomic E-state index is 12.9. The van der Waals surface area contributed by atoms with Crippen molar-refractivity contribution in [1.29, 1.82) is 0 Å². The van der Waals surface area contributed by atoms with Crippen LogP contribution < -0.4 is 5.73 Å². The van der Waals surface area contributed by atoms with Crippen molar-refractivity contribution in [3.05, 3.63) is 0 Å². The molecule has 2 N–H and O–H groups in total. The van der Waals surface area contributed by atoms with E-state index in [4.69, 9.17) is 5.73 Å². The summed E-state index contributed by atoms with van der Waals surface area (Å²) in [5, 5.41) is 0. The van der Waals surface area contributed by atoms with Crippen molar-refractivity contribution in [3.63, 3.8) is 0 Å². The van der Waals surface area contributed by atoms with Crippen molar-refractivity contribution in [1.82, 2.24) is 9.80 Å². The quantitative estimate of drug-likeness (QED) is 0.721. The Hall–Kier alpha value is -0.860. The van der Waals surface area contributed by atoms with Crippen LogP contribution >= 0.6 is 0 Å². The minimum absolute atomic E-state index is 0.0206. The lowest BCUT2D eigenvalue weighted by Crippen LogP contribution is -2.55. The summed E-state index contributed by atoms with van der Waals surface area (Å²) in [6, 6.07) is -1.46. The maximum Gasteiger partial charge on any atom is 0.404 e. The van der Waals surface area contributed by atoms with E-state index in [0.717, 1.165) is 0 Å². The number of piperazine rings is 1. The predicted octanol–water partition coefficient (Wildman–Crippen LogP) is 0.447. The summed E-state index contributed by atoms with van der Waals surface area (Å²) in [6.45, 7) is 2.26. The molecule has 0 bridgehead atoms. The van der Waals surface area contributed by atoms with Crippen molar-refractivity contribution in [2.45, 2.75) is 25.1 Å². The molecule has 1 unspecified atom stereocenters. The normalized spacial score (nSPS) is 19.9. The number of hydrogen-bond donors (Lipinski definition) is 1. The highest BCUT2D eigenvalue weighted by Crippen LogP contribution is 2.27. The Kier molecular flexibility index (Phi) is 6.70. The summed E-state index contributed by atoms with van der Waals surface area (Å²) >= 11 is 0. The lowest BCUT2D eigenvalue weighted by atomic mass is 10.1. The van der Waals surface area contributed by atoms with Crippen molar-refractivity contribution in [2.75, 3.05) is 46.4 Å². The number of esters is 1. The van der Waals surface area contributed by atoms with Crippen molar-refractivity contribution >= 4 is 5.97 Å². The van der Waals surface area contributed by atoms with Gasteiger partial charge in [-0.05, 0) is 13.0 Å². The zero-order valence-corrected chi connectivity index (χ0v) is 11.7. The van der Waals surface area contributed by atoms with Gasteiger partial charge >= 0.3 is 12.1 Å². The summed E-state index contributed by atoms with van der Waals surface area (Å²) in [6.07, 6.45) is -4.05. The van der Waals surface area contributed by atoms with Gasteiger partial charge in [0, 0.05) is 32.7 Å². The molecule has 0 aromatic rings. The fourth-order valence-corrected chi connectivity index (χ4v) is 2.36. The Morgan fingerprint density at radius 3 is 2.35 bits per heavy atom. The van der Waals surface area contributed by atoms with Gasteiger partial charge in [0.15, 0.2) is 0 Å². The van der Waals surface area contributed by atoms with Gasteiger partial charge in [0.25, 0.3) is 0 Å². The molecule has 0 aromatic heterocycles. The third-order valence-electron chi connectivity index (χ3n) is 3.53. The summed E-state index contributed by atoms with van der Waals surface area (Å²) in [7, 11) is 1.32. The topological polar surface area (TPSA) is 58.8 Å². The van der Waals surface area contributed by atoms with Crippen LogP contribution in [0.25, 0.3) is 0 Å². The van der Waals surface area contributed by atoms with Crippen molar-refractivity contribution in [2.24, 2.45) is 5.73 Å². The van der Waals surface area contributed by atoms with Crippen LogP contribution in [0, 0.1) is 0 Å². The molecule has 1 fully saturated rings. The number of ether oxygens (including phenoxy) is 1. The van der Waals surface area contributed by atoms with E-state index in [9.17, 15) is 18.0 Å². The summed E-state index contributed by atoms with van der Waals surface area (Å²) in [4.78, 5) is 14.4. The fraction of sp³-hybridized carbons (Fsp3) is 0.917. The number of halogens is 3. The second-order valence-corrected chi connectivity index (χ2v) is 4.84. The molecule has 1 rings (SSSR count). The third kappa shape index (κ3) is 5.26. The molecule has 118 valence electrons. The van der Waals surface area contributed by atoms with Crippen molar-refractivity contribution < 1.29 is 22.7 Å². The lowest BCUT2D eigenvalue weighted by Gasteiger charge is -2.39. The molecule has 0 amide bonds. The first-order valence-electron chi connectivity index (χ1n) is 6.68. The van der Waals surface area contributed by atoms with E-state index in [1.807, 2.05) is 4.90 Å². The van der Waals surface area contributed by atoms with Crippen LogP contribution in [-0.2, 0) is 9.53 Å². The summed E-state index contributed by atoms with van der Waals surface area (Å²) in [5.41, 5.74) is 5.27. The number of hydrogen-bond acceptors (Lipinski definition) is 5. The molecular formula is C12H22F3N3O2. The molecule has 0 saturated carbocycles. The lowest BCUT2D eigenvalue weighted by molar-refractivity contribution is -0.188. The predicted molar refractivity (Wildman–Crippen MR) is 68.2 cm³/mol. The molecule has 1 saturated heterocycles. The Labute approximate surface area is 116 Å². The number of nitrogens with zero attached hydrogens (tertiary/aromatic N) is 2. The third-order valence-corrected chi connectivity index (χ3v) is 3.53. The second-order valence-electron chi connectivity index (χ2n) is 4.84. The molecular weight excluding hydrogens is 275 g/mol. The first kappa shape index (κ1) is 17.2. The molecule has 1 aliphatic rings. The minimum atomic E-state index is -4.24. The van der Waals surface area contributed by atoms with Gasteiger partial charge in [-0.2, -0.15) is 13.2 Å². The fourth-order valence-electron chi connectivity index (χ4n) is 2.36. The van der Waals surface area contributed by atoms with Gasteiger partial charge in [-0.3, -0.25) is 9.69 Å². The molecule has 8 heteroatoms. The molecule has 0 aromatic carbocycles. The first-order valence-corrected chi connectivity index (χ1v) is 6.68. The van der Waals surface area contributed by atoms with E-state index in [0.29, 0.717) is 32.7 Å². The van der Waals surface area contributed by atoms with Gasteiger partial charge in [0.05, 0.1) is 13.5 Å². The molecule has 1 heterocycles. The van der Waals surface area contributed by atoms with Gasteiger partial charge in [0.1, 0.15) is 6.04 Å². The van der Waals surface area contributed by atoms with Gasteiger partial charge in [-0.15, -0.1) is 0 Å². The number of carbonyl (C=O) groups is 1. The molecule has 1 atom stereocenters. The SMILES string of the molecule is COC(=O)CCN1CCN(C(CCN)C(F)(F)F)CC1. The van der Waals surface area contributed by atoms with Crippen LogP contribution in [0.3, 0.4) is 0 Å². The zero-order chi connectivity index (χ0) is 15.2. The van der Waals surface area contributed by atoms with Gasteiger partial charge in [-0.1, -0.05) is 0 Å². The second kappa shape index (κ2) is 7.80. The highest BCUT2D eigenvalue weighted by molar-refractivity contribution is 5.69. The van der Waals surface area contributed by atoms with E-state index in [-0.39, 0.29) is 25.4 Å². The zero-order valence-electron chi connectivity index (χ0n) is 11.7. The largest absolute Gasteiger partial charge is 0.469 e. The number of carbonyl (C=O) groups excluding carboxylic acids is 1. The van der Waals surface area contributed by atoms with E-state index in [1.165, 1.54) is 12.0 Å². The molecule has 20 heavy (non-hydrogen) atoms. The standard InChI is InChI=1S/C12H22F3N3O2/c1-20-11(19)3-5-17-6-8-18(9-7-17)10(2-4-16)12(13,14)15/h10H,2-9,16H2,1H3. The van der Waals surface area contributed by atoms with Crippen LogP contribution in [0.15, 0.2) is 0 Å². The molecule has 1 aliphatic heterocycles. The van der Waals surface area contributed by atoms with Crippen molar-refractivity contribution in [3.8, 4) is 0 Å². The van der Waals surface area contributed by atoms with E-state index >= 15 is 0 Å². The van der Waals surface area contributed by atoms with Crippen LogP contribution in [0.4, 0.5) is 13.2 Å². The number of rotatable bonds is 6. The number of methoxy groups -OCH3 is 1. The molecule has 0 aliphatic carbocycles. The highest BCUT2D eigenvalue weighted by Gasteiger charge is 2.43. The Morgan fingerprint density at radius 1 is 1.30 bits per heavy atom. The Morgan fingerprint density at radius 2 is 1.90 bits per heavy atom. The average molecular weight is 297 g/mol. The highest BCUT2D eigenvalue weighted by atomic mass is 19.4. The monoisotopic (exact) mass is 297 g/mol. The molecule has 5 nitrogen and oxygen atoms in total. The summed E-state index contributed by atoms with van der Waals surface area (Å²) < 4.78 is 43.3. The van der Waals surface area contributed by atoms with Gasteiger partial charge in [-0.25, -0.2) is 0 Å². The number of nitrogens with two attached hydrogens (primary N) is 1. The Bertz CT molecular complexity index is 305. The van der Waals surface area contributed by atoms with E-state index in [2.05, 4.69) is 4.74 Å². The van der Waals surface area contributed by atoms with E-state index in [1.54, 1.807) is 0 Å². The molecule has 0 spiro atoms. The minimum Gasteiger partial charge on any atom is -0.469 e.